The van der Waals surface area contributed by atoms with Crippen molar-refractivity contribution in [2.24, 2.45) is 0 Å². The lowest BCUT2D eigenvalue weighted by Crippen LogP contribution is -2.06. The van der Waals surface area contributed by atoms with Crippen LogP contribution in [-0.4, -0.2) is 29.9 Å². The van der Waals surface area contributed by atoms with E-state index in [1.54, 1.807) is 60.7 Å². The molecule has 0 saturated heterocycles. The lowest BCUT2D eigenvalue weighted by Gasteiger charge is -2.08. The molecule has 0 N–H and O–H groups in total. The summed E-state index contributed by atoms with van der Waals surface area (Å²) in [5.74, 6) is -30.3. The largest absolute Gasteiger partial charge is 0.358 e. The minimum Gasteiger partial charge on any atom is -0.358 e. The highest BCUT2D eigenvalue weighted by molar-refractivity contribution is 6.19. The van der Waals surface area contributed by atoms with Crippen LogP contribution in [0.2, 0.25) is 0 Å². The summed E-state index contributed by atoms with van der Waals surface area (Å²) in [6.07, 6.45) is 0. The minimum absolute atomic E-state index is 0.00714. The molecule has 10 rings (SSSR count). The second-order valence-electron chi connectivity index (χ2n) is 18.3. The smallest absolute Gasteiger partial charge is 0.307 e. The zero-order valence-electron chi connectivity index (χ0n) is 46.8. The van der Waals surface area contributed by atoms with Crippen LogP contribution in [0.3, 0.4) is 0 Å². The zero-order chi connectivity index (χ0) is 72.0. The normalized spacial score (nSPS) is 12.1. The van der Waals surface area contributed by atoms with Crippen molar-refractivity contribution in [3.05, 3.63) is 230 Å². The molecule has 3 heterocycles. The highest BCUT2D eigenvalue weighted by atomic mass is 19.2. The standard InChI is InChI=1S/C30F12N6.C18N12.C16H6N4/c1-47-29(16-25(39)19(33)10(6-46)20(34)26(16)40)15-11(7(3-43)13-21(35)17(31)9(5-45)18(32)22(13)36)12(15)8(4-44)14-23(37)27(41)30(48-2)28(42)24(14)38;1-23-17-9(5-21)27-13-11-12(26-8(4-20)7(3-19)25-11)14-16(15(13)29-17)30-18(24-2)10(6-22)28-14;17-7-15(8-18)13-3-1-11-5-14(16(9-19)10-20)4-2-12(11)6-13/h;;1-6H. The predicted octanol–water partition coefficient (Wildman–Crippen LogP) is 11.6. The van der Waals surface area contributed by atoms with Gasteiger partial charge in [0, 0.05) is 10.4 Å². The molecular weight excluding hydrogens is 1300 g/mol. The quantitative estimate of drug-likeness (QED) is 0.0521. The van der Waals surface area contributed by atoms with E-state index in [4.69, 9.17) is 57.9 Å². The molecule has 34 heteroatoms. The Morgan fingerprint density at radius 1 is 0.327 bits per heavy atom. The van der Waals surface area contributed by atoms with E-state index in [2.05, 4.69) is 49.3 Å². The number of hydrogen-bond donors (Lipinski definition) is 0. The molecule has 0 bridgehead atoms. The molecule has 98 heavy (non-hydrogen) atoms. The molecule has 0 amide bonds. The summed E-state index contributed by atoms with van der Waals surface area (Å²) in [5.41, 5.74) is -22.5. The lowest BCUT2D eigenvalue weighted by atomic mass is 9.99. The van der Waals surface area contributed by atoms with Gasteiger partial charge in [-0.3, -0.25) is 0 Å². The number of rotatable bonds is 3. The second-order valence-corrected chi connectivity index (χ2v) is 18.3. The molecule has 22 nitrogen and oxygen atoms in total. The molecule has 1 saturated carbocycles. The van der Waals surface area contributed by atoms with Gasteiger partial charge in [-0.1, -0.05) is 37.4 Å². The average molecular weight is 1310 g/mol. The Morgan fingerprint density at radius 3 is 0.908 bits per heavy atom. The van der Waals surface area contributed by atoms with E-state index in [9.17, 15) is 57.9 Å². The topological polar surface area (TPSA) is 380 Å². The highest BCUT2D eigenvalue weighted by Crippen LogP contribution is 2.58. The van der Waals surface area contributed by atoms with Crippen molar-refractivity contribution in [2.45, 2.75) is 0 Å². The summed E-state index contributed by atoms with van der Waals surface area (Å²) < 4.78 is 177. The van der Waals surface area contributed by atoms with Crippen molar-refractivity contribution in [2.75, 3.05) is 0 Å². The van der Waals surface area contributed by atoms with Gasteiger partial charge in [0.05, 0.1) is 41.0 Å². The summed E-state index contributed by atoms with van der Waals surface area (Å²) >= 11 is 0. The van der Waals surface area contributed by atoms with Gasteiger partial charge < -0.3 is 9.69 Å². The Balaban J connectivity index is 0.000000207. The molecule has 0 spiro atoms. The van der Waals surface area contributed by atoms with E-state index in [0.717, 1.165) is 35.0 Å². The van der Waals surface area contributed by atoms with Crippen molar-refractivity contribution >= 4 is 89.2 Å². The number of fused-ring (bicyclic) bond motifs is 7. The zero-order valence-corrected chi connectivity index (χ0v) is 46.8. The SMILES string of the molecule is N#CC(C#N)=c1ccc2cc(=C(C#N)C#N)ccc2c1.[C-]#[N+]C(=C1C(=C(C#N)c2c(F)c(F)c(C#N)c(F)c2F)C1=C(C#N)c1c(F)c(F)c([N+]#[C-])c(F)c1F)c1c(F)c(F)c(C#N)c(F)c1F.[C-]#[N+]c1nc2c(nc1C#N)c1nc(C#N)c(C#N)nc1c1nc(C#N)c([N+]#[C-])nc12. The van der Waals surface area contributed by atoms with Gasteiger partial charge in [0.2, 0.25) is 16.7 Å². The van der Waals surface area contributed by atoms with Crippen molar-refractivity contribution < 1.29 is 52.7 Å². The van der Waals surface area contributed by atoms with Crippen LogP contribution in [0, 0.1) is 232 Å². The van der Waals surface area contributed by atoms with Crippen LogP contribution in [0.1, 0.15) is 50.6 Å². The fraction of sp³-hybridized carbons (Fsp3) is 0. The van der Waals surface area contributed by atoms with E-state index in [1.807, 2.05) is 24.3 Å². The minimum atomic E-state index is -2.52. The molecule has 0 atom stereocenters. The lowest BCUT2D eigenvalue weighted by molar-refractivity contribution is 0.446. The fourth-order valence-electron chi connectivity index (χ4n) is 9.07. The molecule has 0 aliphatic heterocycles. The molecule has 6 aromatic carbocycles. The Labute approximate surface area is 535 Å². The predicted molar refractivity (Wildman–Crippen MR) is 303 cm³/mol. The Hall–Kier alpha value is -16.4. The first-order valence-electron chi connectivity index (χ1n) is 25.1. The number of aromatic nitrogens is 6. The van der Waals surface area contributed by atoms with E-state index < -0.39 is 137 Å². The van der Waals surface area contributed by atoms with Gasteiger partial charge in [-0.25, -0.2) is 82.3 Å². The molecular formula is C64H6F12N22. The summed E-state index contributed by atoms with van der Waals surface area (Å²) in [5, 5.41) is 113. The molecule has 1 aliphatic rings. The Kier molecular flexibility index (Phi) is 18.6. The maximum atomic E-state index is 15.0. The highest BCUT2D eigenvalue weighted by Gasteiger charge is 2.46. The van der Waals surface area contributed by atoms with Crippen molar-refractivity contribution in [1.29, 1.82) is 63.1 Å². The van der Waals surface area contributed by atoms with Gasteiger partial charge in [0.25, 0.3) is 5.69 Å². The van der Waals surface area contributed by atoms with Gasteiger partial charge >= 0.3 is 11.6 Å². The van der Waals surface area contributed by atoms with Gasteiger partial charge in [-0.05, 0) is 39.6 Å². The van der Waals surface area contributed by atoms with Gasteiger partial charge in [0.1, 0.15) is 117 Å². The third-order valence-electron chi connectivity index (χ3n) is 13.4. The monoisotopic (exact) mass is 1310 g/mol. The summed E-state index contributed by atoms with van der Waals surface area (Å²) in [6, 6.07) is 28.2. The average Bonchev–Trinajstić information content (AvgIpc) is 1.49. The molecule has 1 aliphatic carbocycles. The molecule has 3 aromatic heterocycles. The number of benzene rings is 6. The number of halogens is 12. The molecule has 0 radical (unpaired) electrons. The first kappa shape index (κ1) is 67.5. The van der Waals surface area contributed by atoms with Crippen LogP contribution in [0.25, 0.3) is 91.2 Å². The molecule has 456 valence electrons. The van der Waals surface area contributed by atoms with Gasteiger partial charge in [-0.2, -0.15) is 63.1 Å². The van der Waals surface area contributed by atoms with E-state index >= 15 is 26.3 Å². The Bertz CT molecular complexity index is 5470. The van der Waals surface area contributed by atoms with E-state index in [1.165, 1.54) is 0 Å². The molecule has 0 unspecified atom stereocenters. The maximum Gasteiger partial charge on any atom is 0.307 e. The summed E-state index contributed by atoms with van der Waals surface area (Å²) in [4.78, 5) is 36.0. The third-order valence-corrected chi connectivity index (χ3v) is 13.4. The van der Waals surface area contributed by atoms with E-state index in [0.29, 0.717) is 10.4 Å². The number of allylic oxidation sites excluding steroid dienone is 5. The molecule has 9 aromatic rings. The van der Waals surface area contributed by atoms with Gasteiger partial charge in [0.15, 0.2) is 92.6 Å². The summed E-state index contributed by atoms with van der Waals surface area (Å²) in [7, 11) is 0. The summed E-state index contributed by atoms with van der Waals surface area (Å²) in [6.45, 7) is 28.6. The van der Waals surface area contributed by atoms with Crippen LogP contribution in [-0.2, 0) is 0 Å². The van der Waals surface area contributed by atoms with Crippen molar-refractivity contribution in [3.8, 4) is 72.8 Å². The van der Waals surface area contributed by atoms with Crippen LogP contribution in [0.4, 0.5) is 70.0 Å². The van der Waals surface area contributed by atoms with Crippen molar-refractivity contribution in [1.82, 2.24) is 29.9 Å². The first-order chi connectivity index (χ1) is 46.9. The fourth-order valence-corrected chi connectivity index (χ4v) is 9.07. The number of hydrogen-bond acceptors (Lipinski definition) is 18. The number of nitriles is 12. The van der Waals surface area contributed by atoms with Crippen LogP contribution < -0.4 is 10.4 Å². The van der Waals surface area contributed by atoms with Gasteiger partial charge in [-0.15, -0.1) is 9.97 Å². The second kappa shape index (κ2) is 26.9. The number of nitrogens with zero attached hydrogens (tertiary/aromatic N) is 22. The Morgan fingerprint density at radius 2 is 0.633 bits per heavy atom. The van der Waals surface area contributed by atoms with Crippen molar-refractivity contribution in [3.63, 3.8) is 0 Å². The third kappa shape index (κ3) is 11.0. The van der Waals surface area contributed by atoms with E-state index in [-0.39, 0.29) is 78.7 Å². The maximum absolute atomic E-state index is 15.0. The van der Waals surface area contributed by atoms with Crippen LogP contribution >= 0.6 is 0 Å². The molecule has 1 fully saturated rings. The van der Waals surface area contributed by atoms with Crippen LogP contribution in [0.5, 0.6) is 0 Å². The van der Waals surface area contributed by atoms with Crippen LogP contribution in [0.15, 0.2) is 53.1 Å². The first-order valence-corrected chi connectivity index (χ1v) is 25.1.